The molecule has 29 heavy (non-hydrogen) atoms. The monoisotopic (exact) mass is 397 g/mol. The smallest absolute Gasteiger partial charge is 0.229 e. The maximum atomic E-state index is 13.4. The lowest BCUT2D eigenvalue weighted by Gasteiger charge is -2.32. The summed E-state index contributed by atoms with van der Waals surface area (Å²) in [6, 6.07) is 11.5. The molecular weight excluding hydrogens is 370 g/mol. The molecule has 6 heteroatoms. The summed E-state index contributed by atoms with van der Waals surface area (Å²) in [5.41, 5.74) is 2.01. The molecule has 0 unspecified atom stereocenters. The van der Waals surface area contributed by atoms with Crippen LogP contribution in [0.4, 0.5) is 0 Å². The Morgan fingerprint density at radius 3 is 2.55 bits per heavy atom. The van der Waals surface area contributed by atoms with Crippen LogP contribution in [0, 0.1) is 5.92 Å². The summed E-state index contributed by atoms with van der Waals surface area (Å²) in [4.78, 5) is 15.4. The van der Waals surface area contributed by atoms with Crippen LogP contribution in [0.25, 0.3) is 0 Å². The van der Waals surface area contributed by atoms with Crippen LogP contribution in [-0.4, -0.2) is 45.3 Å². The van der Waals surface area contributed by atoms with Crippen LogP contribution < -0.4 is 18.9 Å². The van der Waals surface area contributed by atoms with Gasteiger partial charge in [0.25, 0.3) is 0 Å². The van der Waals surface area contributed by atoms with Gasteiger partial charge in [-0.05, 0) is 61.2 Å². The molecule has 2 aliphatic heterocycles. The van der Waals surface area contributed by atoms with E-state index in [2.05, 4.69) is 0 Å². The van der Waals surface area contributed by atoms with E-state index in [1.807, 2.05) is 41.3 Å². The molecular formula is C23H27NO5. The molecule has 1 amide bonds. The molecule has 1 fully saturated rings. The molecule has 2 atom stereocenters. The van der Waals surface area contributed by atoms with Crippen molar-refractivity contribution < 1.29 is 23.7 Å². The summed E-state index contributed by atoms with van der Waals surface area (Å²) in [6.45, 7) is 1.14. The number of benzene rings is 2. The van der Waals surface area contributed by atoms with E-state index in [1.165, 1.54) is 0 Å². The summed E-state index contributed by atoms with van der Waals surface area (Å²) >= 11 is 0. The first-order valence-corrected chi connectivity index (χ1v) is 9.96. The first kappa shape index (κ1) is 19.4. The van der Waals surface area contributed by atoms with E-state index in [-0.39, 0.29) is 17.9 Å². The molecule has 6 nitrogen and oxygen atoms in total. The van der Waals surface area contributed by atoms with Crippen molar-refractivity contribution in [1.29, 1.82) is 0 Å². The second-order valence-electron chi connectivity index (χ2n) is 7.48. The lowest BCUT2D eigenvalue weighted by atomic mass is 9.94. The number of ether oxygens (including phenoxy) is 4. The van der Waals surface area contributed by atoms with Gasteiger partial charge in [0.1, 0.15) is 29.6 Å². The van der Waals surface area contributed by atoms with Gasteiger partial charge in [0.05, 0.1) is 33.3 Å². The van der Waals surface area contributed by atoms with Crippen molar-refractivity contribution in [3.05, 3.63) is 47.5 Å². The third-order valence-electron chi connectivity index (χ3n) is 5.85. The largest absolute Gasteiger partial charge is 0.497 e. The maximum absolute atomic E-state index is 13.4. The lowest BCUT2D eigenvalue weighted by molar-refractivity contribution is -0.137. The number of fused-ring (bicyclic) bond motifs is 1. The summed E-state index contributed by atoms with van der Waals surface area (Å²) < 4.78 is 22.2. The SMILES string of the molecule is COc1ccc2c(c1)C[C@H](C(=O)N1CCC[C@@H]1c1cc(OC)ccc1OC)CO2. The molecule has 0 N–H and O–H groups in total. The van der Waals surface area contributed by atoms with E-state index in [1.54, 1.807) is 21.3 Å². The first-order chi connectivity index (χ1) is 14.1. The zero-order valence-corrected chi connectivity index (χ0v) is 17.1. The maximum Gasteiger partial charge on any atom is 0.229 e. The van der Waals surface area contributed by atoms with Crippen LogP contribution in [0.15, 0.2) is 36.4 Å². The minimum atomic E-state index is -0.202. The first-order valence-electron chi connectivity index (χ1n) is 9.96. The van der Waals surface area contributed by atoms with Gasteiger partial charge in [0.15, 0.2) is 0 Å². The highest BCUT2D eigenvalue weighted by Gasteiger charge is 2.37. The Morgan fingerprint density at radius 1 is 1.03 bits per heavy atom. The summed E-state index contributed by atoms with van der Waals surface area (Å²) in [6.07, 6.45) is 2.53. The fourth-order valence-electron chi connectivity index (χ4n) is 4.34. The van der Waals surface area contributed by atoms with Crippen molar-refractivity contribution in [2.24, 2.45) is 5.92 Å². The molecule has 1 saturated heterocycles. The van der Waals surface area contributed by atoms with Crippen LogP contribution in [-0.2, 0) is 11.2 Å². The molecule has 0 spiro atoms. The number of likely N-dealkylation sites (tertiary alicyclic amines) is 1. The topological polar surface area (TPSA) is 57.2 Å². The molecule has 0 radical (unpaired) electrons. The Morgan fingerprint density at radius 2 is 1.79 bits per heavy atom. The number of rotatable bonds is 5. The Hall–Kier alpha value is -2.89. The molecule has 0 saturated carbocycles. The van der Waals surface area contributed by atoms with Crippen LogP contribution in [0.2, 0.25) is 0 Å². The highest BCUT2D eigenvalue weighted by atomic mass is 16.5. The third-order valence-corrected chi connectivity index (χ3v) is 5.85. The fraction of sp³-hybridized carbons (Fsp3) is 0.435. The van der Waals surface area contributed by atoms with E-state index in [9.17, 15) is 4.79 Å². The van der Waals surface area contributed by atoms with Gasteiger partial charge in [-0.25, -0.2) is 0 Å². The molecule has 2 aromatic rings. The van der Waals surface area contributed by atoms with Gasteiger partial charge >= 0.3 is 0 Å². The molecule has 2 aromatic carbocycles. The van der Waals surface area contributed by atoms with Crippen molar-refractivity contribution in [2.45, 2.75) is 25.3 Å². The highest BCUT2D eigenvalue weighted by molar-refractivity contribution is 5.81. The van der Waals surface area contributed by atoms with Crippen molar-refractivity contribution in [1.82, 2.24) is 4.90 Å². The van der Waals surface area contributed by atoms with Gasteiger partial charge in [-0.2, -0.15) is 0 Å². The molecule has 154 valence electrons. The predicted octanol–water partition coefficient (Wildman–Crippen LogP) is 3.63. The zero-order valence-electron chi connectivity index (χ0n) is 17.1. The van der Waals surface area contributed by atoms with E-state index in [0.717, 1.165) is 53.5 Å². The van der Waals surface area contributed by atoms with Crippen molar-refractivity contribution in [3.63, 3.8) is 0 Å². The standard InChI is InChI=1S/C23H27NO5/c1-26-17-6-8-21-15(12-17)11-16(14-29-21)23(25)24-10-4-5-20(24)19-13-18(27-2)7-9-22(19)28-3/h6-9,12-13,16,20H,4-5,10-11,14H2,1-3H3/t16-,20+/m0/s1. The number of hydrogen-bond acceptors (Lipinski definition) is 5. The second-order valence-corrected chi connectivity index (χ2v) is 7.48. The van der Waals surface area contributed by atoms with E-state index >= 15 is 0 Å². The average Bonchev–Trinajstić information content (AvgIpc) is 3.27. The molecule has 0 bridgehead atoms. The minimum absolute atomic E-state index is 0.0146. The molecule has 4 rings (SSSR count). The molecule has 0 aromatic heterocycles. The zero-order chi connectivity index (χ0) is 20.4. The number of nitrogens with zero attached hydrogens (tertiary/aromatic N) is 1. The minimum Gasteiger partial charge on any atom is -0.497 e. The number of amides is 1. The second kappa shape index (κ2) is 8.23. The van der Waals surface area contributed by atoms with Crippen molar-refractivity contribution in [3.8, 4) is 23.0 Å². The van der Waals surface area contributed by atoms with Crippen LogP contribution in [0.3, 0.4) is 0 Å². The quantitative estimate of drug-likeness (QED) is 0.771. The van der Waals surface area contributed by atoms with Crippen LogP contribution in [0.1, 0.15) is 30.0 Å². The van der Waals surface area contributed by atoms with Crippen molar-refractivity contribution in [2.75, 3.05) is 34.5 Å². The Bertz CT molecular complexity index is 897. The summed E-state index contributed by atoms with van der Waals surface area (Å²) in [5, 5.41) is 0. The Balaban J connectivity index is 1.57. The molecule has 2 aliphatic rings. The lowest BCUT2D eigenvalue weighted by Crippen LogP contribution is -2.40. The summed E-state index contributed by atoms with van der Waals surface area (Å²) in [7, 11) is 4.95. The number of carbonyl (C=O) groups is 1. The summed E-state index contributed by atoms with van der Waals surface area (Å²) in [5.74, 6) is 3.09. The van der Waals surface area contributed by atoms with Crippen LogP contribution in [0.5, 0.6) is 23.0 Å². The Labute approximate surface area is 171 Å². The van der Waals surface area contributed by atoms with Crippen molar-refractivity contribution >= 4 is 5.91 Å². The number of methoxy groups -OCH3 is 3. The molecule has 2 heterocycles. The van der Waals surface area contributed by atoms with Crippen LogP contribution >= 0.6 is 0 Å². The van der Waals surface area contributed by atoms with Gasteiger partial charge in [0, 0.05) is 12.1 Å². The Kier molecular flexibility index (Phi) is 5.51. The van der Waals surface area contributed by atoms with E-state index in [4.69, 9.17) is 18.9 Å². The fourth-order valence-corrected chi connectivity index (χ4v) is 4.34. The van der Waals surface area contributed by atoms with E-state index < -0.39 is 0 Å². The highest BCUT2D eigenvalue weighted by Crippen LogP contribution is 2.40. The van der Waals surface area contributed by atoms with Gasteiger partial charge in [-0.15, -0.1) is 0 Å². The number of carbonyl (C=O) groups excluding carboxylic acids is 1. The third kappa shape index (κ3) is 3.71. The van der Waals surface area contributed by atoms with Gasteiger partial charge in [-0.1, -0.05) is 0 Å². The van der Waals surface area contributed by atoms with Gasteiger partial charge in [0.2, 0.25) is 5.91 Å². The van der Waals surface area contributed by atoms with Gasteiger partial charge in [-0.3, -0.25) is 4.79 Å². The predicted molar refractivity (Wildman–Crippen MR) is 109 cm³/mol. The van der Waals surface area contributed by atoms with Gasteiger partial charge < -0.3 is 23.8 Å². The average molecular weight is 397 g/mol. The van der Waals surface area contributed by atoms with E-state index in [0.29, 0.717) is 13.0 Å². The normalized spacial score (nSPS) is 20.6. The number of hydrogen-bond donors (Lipinski definition) is 0. The molecule has 0 aliphatic carbocycles.